The Balaban J connectivity index is 2.42. The number of benzene rings is 2. The van der Waals surface area contributed by atoms with Crippen LogP contribution < -0.4 is 5.73 Å². The summed E-state index contributed by atoms with van der Waals surface area (Å²) >= 11 is 7.66. The maximum absolute atomic E-state index is 11.0. The van der Waals surface area contributed by atoms with Crippen molar-refractivity contribution in [2.75, 3.05) is 0 Å². The molecule has 0 aliphatic rings. The molecule has 0 spiro atoms. The minimum atomic E-state index is 0.423. The maximum Gasteiger partial charge on any atom is 0.151 e. The van der Waals surface area contributed by atoms with Crippen molar-refractivity contribution in [2.45, 2.75) is 16.3 Å². The lowest BCUT2D eigenvalue weighted by molar-refractivity contribution is 0.112. The van der Waals surface area contributed by atoms with Crippen LogP contribution in [0.2, 0.25) is 5.02 Å². The lowest BCUT2D eigenvalue weighted by atomic mass is 10.2. The Morgan fingerprint density at radius 2 is 1.94 bits per heavy atom. The predicted molar refractivity (Wildman–Crippen MR) is 75.3 cm³/mol. The third-order valence-electron chi connectivity index (χ3n) is 2.53. The molecule has 0 bridgehead atoms. The van der Waals surface area contributed by atoms with Crippen molar-refractivity contribution in [3.05, 3.63) is 58.6 Å². The zero-order valence-corrected chi connectivity index (χ0v) is 11.2. The normalized spacial score (nSPS) is 10.3. The van der Waals surface area contributed by atoms with E-state index in [1.165, 1.54) is 11.8 Å². The van der Waals surface area contributed by atoms with Gasteiger partial charge in [0.15, 0.2) is 6.29 Å². The first kappa shape index (κ1) is 13.1. The summed E-state index contributed by atoms with van der Waals surface area (Å²) in [7, 11) is 0. The molecule has 4 heteroatoms. The standard InChI is InChI=1S/C14H12ClNOS/c15-12-6-3-5-10(8-16)14(12)18-13-7-2-1-4-11(13)9-17/h1-7,9H,8,16H2. The lowest BCUT2D eigenvalue weighted by Crippen LogP contribution is -1.98. The molecule has 0 saturated heterocycles. The summed E-state index contributed by atoms with van der Waals surface area (Å²) in [6.45, 7) is 0.423. The van der Waals surface area contributed by atoms with E-state index in [1.54, 1.807) is 6.07 Å². The van der Waals surface area contributed by atoms with Crippen LogP contribution in [0.5, 0.6) is 0 Å². The number of nitrogens with two attached hydrogens (primary N) is 1. The molecule has 2 aromatic carbocycles. The molecule has 0 aliphatic heterocycles. The zero-order chi connectivity index (χ0) is 13.0. The summed E-state index contributed by atoms with van der Waals surface area (Å²) in [5, 5.41) is 0.656. The highest BCUT2D eigenvalue weighted by atomic mass is 35.5. The maximum atomic E-state index is 11.0. The topological polar surface area (TPSA) is 43.1 Å². The number of aldehydes is 1. The second-order valence-electron chi connectivity index (χ2n) is 3.69. The van der Waals surface area contributed by atoms with Crippen LogP contribution in [0.25, 0.3) is 0 Å². The van der Waals surface area contributed by atoms with Crippen molar-refractivity contribution in [3.8, 4) is 0 Å². The quantitative estimate of drug-likeness (QED) is 0.865. The number of halogens is 1. The molecule has 92 valence electrons. The van der Waals surface area contributed by atoms with E-state index >= 15 is 0 Å². The highest BCUT2D eigenvalue weighted by Gasteiger charge is 2.10. The Hall–Kier alpha value is -1.29. The van der Waals surface area contributed by atoms with Gasteiger partial charge in [0.05, 0.1) is 5.02 Å². The van der Waals surface area contributed by atoms with Gasteiger partial charge in [0.25, 0.3) is 0 Å². The monoisotopic (exact) mass is 277 g/mol. The second-order valence-corrected chi connectivity index (χ2v) is 5.15. The highest BCUT2D eigenvalue weighted by Crippen LogP contribution is 2.37. The summed E-state index contributed by atoms with van der Waals surface area (Å²) in [4.78, 5) is 12.8. The number of hydrogen-bond acceptors (Lipinski definition) is 3. The average Bonchev–Trinajstić information content (AvgIpc) is 2.41. The smallest absolute Gasteiger partial charge is 0.151 e. The fourth-order valence-corrected chi connectivity index (χ4v) is 2.97. The molecule has 0 aromatic heterocycles. The molecular formula is C14H12ClNOS. The SMILES string of the molecule is NCc1cccc(Cl)c1Sc1ccccc1C=O. The van der Waals surface area contributed by atoms with Gasteiger partial charge in [-0.2, -0.15) is 0 Å². The van der Waals surface area contributed by atoms with Gasteiger partial charge in [0, 0.05) is 21.9 Å². The fourth-order valence-electron chi connectivity index (χ4n) is 1.61. The molecule has 0 saturated carbocycles. The molecule has 0 atom stereocenters. The van der Waals surface area contributed by atoms with Crippen LogP contribution >= 0.6 is 23.4 Å². The van der Waals surface area contributed by atoms with Crippen molar-refractivity contribution in [1.29, 1.82) is 0 Å². The Kier molecular flexibility index (Phi) is 4.42. The van der Waals surface area contributed by atoms with Gasteiger partial charge in [-0.25, -0.2) is 0 Å². The molecule has 2 N–H and O–H groups in total. The Morgan fingerprint density at radius 1 is 1.17 bits per heavy atom. The van der Waals surface area contributed by atoms with Crippen molar-refractivity contribution in [1.82, 2.24) is 0 Å². The summed E-state index contributed by atoms with van der Waals surface area (Å²) < 4.78 is 0. The van der Waals surface area contributed by atoms with E-state index < -0.39 is 0 Å². The van der Waals surface area contributed by atoms with Gasteiger partial charge in [-0.15, -0.1) is 0 Å². The number of carbonyl (C=O) groups excluding carboxylic acids is 1. The van der Waals surface area contributed by atoms with Crippen molar-refractivity contribution >= 4 is 29.6 Å². The average molecular weight is 278 g/mol. The first-order chi connectivity index (χ1) is 8.76. The van der Waals surface area contributed by atoms with Crippen LogP contribution in [0, 0.1) is 0 Å². The molecule has 0 unspecified atom stereocenters. The van der Waals surface area contributed by atoms with Gasteiger partial charge in [-0.05, 0) is 17.7 Å². The molecular weight excluding hydrogens is 266 g/mol. The largest absolute Gasteiger partial charge is 0.326 e. The van der Waals surface area contributed by atoms with Gasteiger partial charge in [-0.1, -0.05) is 53.7 Å². The Bertz CT molecular complexity index is 571. The first-order valence-corrected chi connectivity index (χ1v) is 6.65. The van der Waals surface area contributed by atoms with Crippen LogP contribution in [-0.2, 0) is 6.54 Å². The van der Waals surface area contributed by atoms with Gasteiger partial charge < -0.3 is 5.73 Å². The number of carbonyl (C=O) groups is 1. The lowest BCUT2D eigenvalue weighted by Gasteiger charge is -2.10. The van der Waals surface area contributed by atoms with E-state index in [0.29, 0.717) is 17.1 Å². The molecule has 0 heterocycles. The van der Waals surface area contributed by atoms with Gasteiger partial charge in [0.2, 0.25) is 0 Å². The zero-order valence-electron chi connectivity index (χ0n) is 9.60. The Labute approximate surface area is 115 Å². The molecule has 2 nitrogen and oxygen atoms in total. The predicted octanol–water partition coefficient (Wildman–Crippen LogP) is 3.76. The molecule has 0 fully saturated rings. The molecule has 2 aromatic rings. The van der Waals surface area contributed by atoms with E-state index in [9.17, 15) is 4.79 Å². The van der Waals surface area contributed by atoms with Crippen molar-refractivity contribution in [2.24, 2.45) is 5.73 Å². The van der Waals surface area contributed by atoms with Gasteiger partial charge in [0.1, 0.15) is 0 Å². The summed E-state index contributed by atoms with van der Waals surface area (Å²) in [6.07, 6.45) is 0.849. The molecule has 0 aliphatic carbocycles. The Morgan fingerprint density at radius 3 is 2.67 bits per heavy atom. The van der Waals surface area contributed by atoms with Crippen LogP contribution in [-0.4, -0.2) is 6.29 Å². The van der Waals surface area contributed by atoms with Gasteiger partial charge >= 0.3 is 0 Å². The van der Waals surface area contributed by atoms with E-state index in [4.69, 9.17) is 17.3 Å². The highest BCUT2D eigenvalue weighted by molar-refractivity contribution is 7.99. The third kappa shape index (κ3) is 2.75. The molecule has 18 heavy (non-hydrogen) atoms. The van der Waals surface area contributed by atoms with E-state index in [1.807, 2.05) is 36.4 Å². The molecule has 2 rings (SSSR count). The first-order valence-electron chi connectivity index (χ1n) is 5.45. The molecule has 0 amide bonds. The summed E-state index contributed by atoms with van der Waals surface area (Å²) in [5.41, 5.74) is 7.34. The van der Waals surface area contributed by atoms with Gasteiger partial charge in [-0.3, -0.25) is 4.79 Å². The van der Waals surface area contributed by atoms with Crippen LogP contribution in [0.4, 0.5) is 0 Å². The van der Waals surface area contributed by atoms with Crippen molar-refractivity contribution in [3.63, 3.8) is 0 Å². The van der Waals surface area contributed by atoms with Crippen molar-refractivity contribution < 1.29 is 4.79 Å². The minimum Gasteiger partial charge on any atom is -0.326 e. The number of hydrogen-bond donors (Lipinski definition) is 1. The fraction of sp³-hybridized carbons (Fsp3) is 0.0714. The van der Waals surface area contributed by atoms with E-state index in [-0.39, 0.29) is 0 Å². The van der Waals surface area contributed by atoms with E-state index in [2.05, 4.69) is 0 Å². The minimum absolute atomic E-state index is 0.423. The third-order valence-corrected chi connectivity index (χ3v) is 4.23. The van der Waals surface area contributed by atoms with Crippen LogP contribution in [0.3, 0.4) is 0 Å². The summed E-state index contributed by atoms with van der Waals surface area (Å²) in [5.74, 6) is 0. The van der Waals surface area contributed by atoms with E-state index in [0.717, 1.165) is 21.6 Å². The van der Waals surface area contributed by atoms with Crippen LogP contribution in [0.15, 0.2) is 52.3 Å². The number of rotatable bonds is 4. The molecule has 0 radical (unpaired) electrons. The second kappa shape index (κ2) is 6.05. The van der Waals surface area contributed by atoms with Crippen LogP contribution in [0.1, 0.15) is 15.9 Å². The summed E-state index contributed by atoms with van der Waals surface area (Å²) in [6, 6.07) is 13.1.